The Kier molecular flexibility index (Phi) is 8.57. The van der Waals surface area contributed by atoms with Crippen molar-refractivity contribution in [2.24, 2.45) is 0 Å². The summed E-state index contributed by atoms with van der Waals surface area (Å²) in [7, 11) is 3.92. The van der Waals surface area contributed by atoms with Crippen molar-refractivity contribution in [1.29, 1.82) is 0 Å². The lowest BCUT2D eigenvalue weighted by molar-refractivity contribution is 0.370. The van der Waals surface area contributed by atoms with E-state index in [9.17, 15) is 8.78 Å². The molecule has 0 saturated carbocycles. The first-order valence-corrected chi connectivity index (χ1v) is 11.0. The van der Waals surface area contributed by atoms with Gasteiger partial charge in [-0.2, -0.15) is 0 Å². The highest BCUT2D eigenvalue weighted by molar-refractivity contribution is 5.35. The van der Waals surface area contributed by atoms with E-state index in [-0.39, 0.29) is 29.0 Å². The Morgan fingerprint density at radius 2 is 1.53 bits per heavy atom. The van der Waals surface area contributed by atoms with E-state index in [1.807, 2.05) is 31.1 Å². The van der Waals surface area contributed by atoms with Gasteiger partial charge in [-0.25, -0.2) is 8.78 Å². The Balaban J connectivity index is 2.05. The van der Waals surface area contributed by atoms with Crippen LogP contribution in [0.4, 0.5) is 8.78 Å². The third kappa shape index (κ3) is 6.36. The lowest BCUT2D eigenvalue weighted by Gasteiger charge is -2.30. The number of halogens is 2. The Hall–Kier alpha value is -1.78. The summed E-state index contributed by atoms with van der Waals surface area (Å²) in [4.78, 5) is 2.00. The van der Waals surface area contributed by atoms with E-state index in [4.69, 9.17) is 0 Å². The van der Waals surface area contributed by atoms with E-state index < -0.39 is 0 Å². The fraction of sp³-hybridized carbons (Fsp3) is 0.538. The van der Waals surface area contributed by atoms with E-state index in [1.54, 1.807) is 18.2 Å². The molecule has 1 atom stereocenters. The van der Waals surface area contributed by atoms with Crippen LogP contribution in [0, 0.1) is 11.6 Å². The minimum Gasteiger partial charge on any atom is -0.310 e. The number of rotatable bonds is 10. The van der Waals surface area contributed by atoms with E-state index in [2.05, 4.69) is 39.9 Å². The average molecular weight is 417 g/mol. The van der Waals surface area contributed by atoms with Crippen molar-refractivity contribution in [3.8, 4) is 0 Å². The molecule has 0 aliphatic heterocycles. The molecule has 0 bridgehead atoms. The smallest absolute Gasteiger partial charge is 0.127 e. The van der Waals surface area contributed by atoms with Crippen LogP contribution in [0.15, 0.2) is 36.4 Å². The first-order valence-electron chi connectivity index (χ1n) is 11.0. The summed E-state index contributed by atoms with van der Waals surface area (Å²) in [5.41, 5.74) is 3.52. The Morgan fingerprint density at radius 3 is 2.13 bits per heavy atom. The van der Waals surface area contributed by atoms with Gasteiger partial charge in [-0.1, -0.05) is 52.0 Å². The Morgan fingerprint density at radius 1 is 0.933 bits per heavy atom. The van der Waals surface area contributed by atoms with Crippen LogP contribution in [0.2, 0.25) is 0 Å². The summed E-state index contributed by atoms with van der Waals surface area (Å²) in [5.74, 6) is 0.00497. The molecule has 4 heteroatoms. The summed E-state index contributed by atoms with van der Waals surface area (Å²) in [5, 5.41) is 3.49. The zero-order chi connectivity index (χ0) is 22.5. The van der Waals surface area contributed by atoms with Crippen molar-refractivity contribution in [2.75, 3.05) is 14.1 Å². The van der Waals surface area contributed by atoms with Crippen LogP contribution in [0.3, 0.4) is 0 Å². The van der Waals surface area contributed by atoms with Crippen molar-refractivity contribution < 1.29 is 8.78 Å². The highest BCUT2D eigenvalue weighted by Gasteiger charge is 2.26. The first kappa shape index (κ1) is 24.5. The first-order chi connectivity index (χ1) is 14.0. The normalized spacial score (nSPS) is 13.3. The number of nitrogens with zero attached hydrogens (tertiary/aromatic N) is 1. The second-order valence-electron chi connectivity index (χ2n) is 9.67. The molecular weight excluding hydrogens is 378 g/mol. The number of benzene rings is 2. The van der Waals surface area contributed by atoms with Gasteiger partial charge in [-0.3, -0.25) is 0 Å². The van der Waals surface area contributed by atoms with Gasteiger partial charge in [0.05, 0.1) is 0 Å². The van der Waals surface area contributed by atoms with Crippen molar-refractivity contribution in [3.05, 3.63) is 70.3 Å². The van der Waals surface area contributed by atoms with Crippen LogP contribution in [0.5, 0.6) is 0 Å². The Labute approximate surface area is 181 Å². The molecule has 2 nitrogen and oxygen atoms in total. The molecule has 0 aromatic heterocycles. The van der Waals surface area contributed by atoms with Gasteiger partial charge in [0.1, 0.15) is 11.6 Å². The molecule has 166 valence electrons. The lowest BCUT2D eigenvalue weighted by atomic mass is 9.77. The fourth-order valence-corrected chi connectivity index (χ4v) is 4.06. The number of nitrogens with one attached hydrogen (secondary N) is 1. The SMILES string of the molecule is CC(CCC(C)(C)c1cccc(F)c1CN(C)C)NCc1c(F)cccc1C(C)C. The highest BCUT2D eigenvalue weighted by Crippen LogP contribution is 2.33. The molecule has 30 heavy (non-hydrogen) atoms. The molecule has 0 aliphatic rings. The zero-order valence-corrected chi connectivity index (χ0v) is 19.7. The van der Waals surface area contributed by atoms with Crippen molar-refractivity contribution in [2.45, 2.75) is 77.9 Å². The van der Waals surface area contributed by atoms with Crippen LogP contribution >= 0.6 is 0 Å². The van der Waals surface area contributed by atoms with Crippen LogP contribution in [-0.4, -0.2) is 25.0 Å². The molecule has 1 unspecified atom stereocenters. The maximum Gasteiger partial charge on any atom is 0.127 e. The van der Waals surface area contributed by atoms with Gasteiger partial charge < -0.3 is 10.2 Å². The third-order valence-corrected chi connectivity index (χ3v) is 5.93. The molecule has 2 aromatic carbocycles. The molecule has 0 amide bonds. The third-order valence-electron chi connectivity index (χ3n) is 5.93. The monoisotopic (exact) mass is 416 g/mol. The molecule has 0 aliphatic carbocycles. The summed E-state index contributed by atoms with van der Waals surface area (Å²) < 4.78 is 28.9. The molecule has 2 aromatic rings. The summed E-state index contributed by atoms with van der Waals surface area (Å²) in [6.07, 6.45) is 1.84. The van der Waals surface area contributed by atoms with Crippen molar-refractivity contribution in [3.63, 3.8) is 0 Å². The van der Waals surface area contributed by atoms with Crippen LogP contribution < -0.4 is 5.32 Å². The van der Waals surface area contributed by atoms with E-state index in [0.717, 1.165) is 35.1 Å². The minimum atomic E-state index is -0.148. The summed E-state index contributed by atoms with van der Waals surface area (Å²) in [6.45, 7) is 11.8. The molecule has 0 saturated heterocycles. The molecule has 0 radical (unpaired) electrons. The van der Waals surface area contributed by atoms with Gasteiger partial charge in [-0.05, 0) is 68.5 Å². The predicted octanol–water partition coefficient (Wildman–Crippen LogP) is 6.39. The number of hydrogen-bond donors (Lipinski definition) is 1. The standard InChI is InChI=1S/C26H38F2N2/c1-18(2)20-10-8-12-24(27)21(20)16-29-19(3)14-15-26(4,5)23-11-9-13-25(28)22(23)17-30(6)7/h8-13,18-19,29H,14-17H2,1-7H3. The second-order valence-corrected chi connectivity index (χ2v) is 9.67. The van der Waals surface area contributed by atoms with Gasteiger partial charge in [0, 0.05) is 30.3 Å². The topological polar surface area (TPSA) is 15.3 Å². The molecule has 0 spiro atoms. The fourth-order valence-electron chi connectivity index (χ4n) is 4.06. The lowest BCUT2D eigenvalue weighted by Crippen LogP contribution is -2.30. The van der Waals surface area contributed by atoms with E-state index in [0.29, 0.717) is 13.1 Å². The molecule has 0 heterocycles. The predicted molar refractivity (Wildman–Crippen MR) is 123 cm³/mol. The molecule has 0 fully saturated rings. The Bertz CT molecular complexity index is 828. The summed E-state index contributed by atoms with van der Waals surface area (Å²) >= 11 is 0. The average Bonchev–Trinajstić information content (AvgIpc) is 2.66. The van der Waals surface area contributed by atoms with Gasteiger partial charge in [0.25, 0.3) is 0 Å². The maximum atomic E-state index is 14.5. The largest absolute Gasteiger partial charge is 0.310 e. The molecular formula is C26H38F2N2. The van der Waals surface area contributed by atoms with Crippen LogP contribution in [0.1, 0.15) is 75.6 Å². The number of hydrogen-bond acceptors (Lipinski definition) is 2. The van der Waals surface area contributed by atoms with Crippen molar-refractivity contribution in [1.82, 2.24) is 10.2 Å². The highest BCUT2D eigenvalue weighted by atomic mass is 19.1. The van der Waals surface area contributed by atoms with Gasteiger partial charge in [0.2, 0.25) is 0 Å². The summed E-state index contributed by atoms with van der Waals surface area (Å²) in [6, 6.07) is 11.0. The zero-order valence-electron chi connectivity index (χ0n) is 19.7. The van der Waals surface area contributed by atoms with Crippen molar-refractivity contribution >= 4 is 0 Å². The van der Waals surface area contributed by atoms with Gasteiger partial charge in [-0.15, -0.1) is 0 Å². The second kappa shape index (κ2) is 10.5. The molecule has 2 rings (SSSR count). The van der Waals surface area contributed by atoms with Crippen LogP contribution in [-0.2, 0) is 18.5 Å². The van der Waals surface area contributed by atoms with Gasteiger partial charge >= 0.3 is 0 Å². The van der Waals surface area contributed by atoms with Crippen LogP contribution in [0.25, 0.3) is 0 Å². The van der Waals surface area contributed by atoms with E-state index >= 15 is 0 Å². The van der Waals surface area contributed by atoms with Gasteiger partial charge in [0.15, 0.2) is 0 Å². The van der Waals surface area contributed by atoms with E-state index in [1.165, 1.54) is 6.07 Å². The molecule has 1 N–H and O–H groups in total. The quantitative estimate of drug-likeness (QED) is 0.483. The minimum absolute atomic E-state index is 0.138. The maximum absolute atomic E-state index is 14.5.